The number of likely N-dealkylation sites (N-methyl/N-ethyl adjacent to an activating group) is 2. The monoisotopic (exact) mass is 298 g/mol. The fourth-order valence-electron chi connectivity index (χ4n) is 2.15. The fourth-order valence-corrected chi connectivity index (χ4v) is 2.15. The Kier molecular flexibility index (Phi) is 11.7. The second-order valence-corrected chi connectivity index (χ2v) is 5.22. The van der Waals surface area contributed by atoms with Gasteiger partial charge in [-0.05, 0) is 27.2 Å². The lowest BCUT2D eigenvalue weighted by Crippen LogP contribution is -2.45. The predicted octanol–water partition coefficient (Wildman–Crippen LogP) is 2.33. The van der Waals surface area contributed by atoms with Crippen LogP contribution < -0.4 is 5.32 Å². The minimum absolute atomic E-state index is 0.152. The van der Waals surface area contributed by atoms with Crippen molar-refractivity contribution in [3.63, 3.8) is 0 Å². The summed E-state index contributed by atoms with van der Waals surface area (Å²) in [5.74, 6) is 0.980. The number of hydrogen-bond donors (Lipinski definition) is 1. The Labute approximate surface area is 130 Å². The van der Waals surface area contributed by atoms with E-state index in [0.717, 1.165) is 38.6 Å². The maximum absolute atomic E-state index is 12.1. The van der Waals surface area contributed by atoms with Crippen molar-refractivity contribution in [2.45, 2.75) is 53.4 Å². The Morgan fingerprint density at radius 2 is 1.71 bits per heavy atom. The van der Waals surface area contributed by atoms with E-state index in [2.05, 4.69) is 17.2 Å². The zero-order chi connectivity index (χ0) is 16.1. The Bertz CT molecular complexity index is 301. The van der Waals surface area contributed by atoms with Crippen molar-refractivity contribution in [2.24, 2.45) is 4.99 Å². The van der Waals surface area contributed by atoms with Crippen LogP contribution in [0.25, 0.3) is 0 Å². The number of amides is 1. The molecule has 0 rings (SSSR count). The smallest absolute Gasteiger partial charge is 0.242 e. The van der Waals surface area contributed by atoms with Crippen LogP contribution in [0, 0.1) is 0 Å². The standard InChI is InChI=1S/C16H34N4O/c1-6-10-11-12-13-18-16(17-7-2)19(5)14-15(21)20(8-3)9-4/h6-14H2,1-5H3,(H,17,18). The Balaban J connectivity index is 4.42. The van der Waals surface area contributed by atoms with Crippen LogP contribution in [0.1, 0.15) is 53.4 Å². The first kappa shape index (κ1) is 19.7. The highest BCUT2D eigenvalue weighted by Crippen LogP contribution is 2.00. The van der Waals surface area contributed by atoms with Crippen molar-refractivity contribution in [3.05, 3.63) is 0 Å². The number of unbranched alkanes of at least 4 members (excludes halogenated alkanes) is 3. The molecule has 0 aliphatic rings. The quantitative estimate of drug-likeness (QED) is 0.382. The third kappa shape index (κ3) is 8.58. The summed E-state index contributed by atoms with van der Waals surface area (Å²) in [6, 6.07) is 0. The number of nitrogens with zero attached hydrogens (tertiary/aromatic N) is 3. The van der Waals surface area contributed by atoms with E-state index in [1.807, 2.05) is 37.6 Å². The van der Waals surface area contributed by atoms with Crippen molar-refractivity contribution >= 4 is 11.9 Å². The van der Waals surface area contributed by atoms with Crippen LogP contribution in [0.15, 0.2) is 4.99 Å². The van der Waals surface area contributed by atoms with Crippen molar-refractivity contribution in [1.82, 2.24) is 15.1 Å². The van der Waals surface area contributed by atoms with E-state index < -0.39 is 0 Å². The van der Waals surface area contributed by atoms with Gasteiger partial charge in [0.05, 0.1) is 6.54 Å². The summed E-state index contributed by atoms with van der Waals surface area (Å²) >= 11 is 0. The topological polar surface area (TPSA) is 47.9 Å². The van der Waals surface area contributed by atoms with Crippen molar-refractivity contribution in [2.75, 3.05) is 39.8 Å². The van der Waals surface area contributed by atoms with Gasteiger partial charge < -0.3 is 15.1 Å². The predicted molar refractivity (Wildman–Crippen MR) is 90.7 cm³/mol. The SMILES string of the molecule is CCCCCCN=C(NCC)N(C)CC(=O)N(CC)CC. The first-order chi connectivity index (χ1) is 10.1. The third-order valence-corrected chi connectivity index (χ3v) is 3.46. The van der Waals surface area contributed by atoms with Crippen LogP contribution in [0.3, 0.4) is 0 Å². The number of rotatable bonds is 10. The lowest BCUT2D eigenvalue weighted by atomic mass is 10.2. The Morgan fingerprint density at radius 1 is 1.05 bits per heavy atom. The van der Waals surface area contributed by atoms with Crippen LogP contribution in [0.5, 0.6) is 0 Å². The molecule has 0 aromatic carbocycles. The van der Waals surface area contributed by atoms with Gasteiger partial charge in [0.15, 0.2) is 5.96 Å². The largest absolute Gasteiger partial charge is 0.357 e. The van der Waals surface area contributed by atoms with Crippen molar-refractivity contribution in [3.8, 4) is 0 Å². The second kappa shape index (κ2) is 12.5. The van der Waals surface area contributed by atoms with E-state index in [-0.39, 0.29) is 5.91 Å². The van der Waals surface area contributed by atoms with Gasteiger partial charge in [-0.15, -0.1) is 0 Å². The molecule has 21 heavy (non-hydrogen) atoms. The molecule has 0 heterocycles. The van der Waals surface area contributed by atoms with E-state index in [9.17, 15) is 4.79 Å². The van der Waals surface area contributed by atoms with Crippen LogP contribution in [-0.2, 0) is 4.79 Å². The molecule has 0 fully saturated rings. The number of carbonyl (C=O) groups excluding carboxylic acids is 1. The molecule has 0 spiro atoms. The van der Waals surface area contributed by atoms with E-state index in [1.54, 1.807) is 0 Å². The highest BCUT2D eigenvalue weighted by molar-refractivity contribution is 5.86. The van der Waals surface area contributed by atoms with Crippen LogP contribution in [0.4, 0.5) is 0 Å². The summed E-state index contributed by atoms with van der Waals surface area (Å²) < 4.78 is 0. The first-order valence-corrected chi connectivity index (χ1v) is 8.37. The zero-order valence-corrected chi connectivity index (χ0v) is 14.6. The van der Waals surface area contributed by atoms with Gasteiger partial charge in [-0.3, -0.25) is 9.79 Å². The molecule has 124 valence electrons. The van der Waals surface area contributed by atoms with Crippen LogP contribution in [-0.4, -0.2) is 61.4 Å². The third-order valence-electron chi connectivity index (χ3n) is 3.46. The molecule has 0 aliphatic carbocycles. The molecule has 5 heteroatoms. The van der Waals surface area contributed by atoms with Crippen molar-refractivity contribution < 1.29 is 4.79 Å². The Morgan fingerprint density at radius 3 is 2.24 bits per heavy atom. The maximum Gasteiger partial charge on any atom is 0.242 e. The number of nitrogens with one attached hydrogen (secondary N) is 1. The van der Waals surface area contributed by atoms with Gasteiger partial charge in [0.2, 0.25) is 5.91 Å². The summed E-state index contributed by atoms with van der Waals surface area (Å²) in [5, 5.41) is 3.26. The molecular formula is C16H34N4O. The molecule has 0 bridgehead atoms. The van der Waals surface area contributed by atoms with Crippen LogP contribution >= 0.6 is 0 Å². The Hall–Kier alpha value is -1.26. The molecule has 0 saturated heterocycles. The van der Waals surface area contributed by atoms with Gasteiger partial charge in [-0.25, -0.2) is 0 Å². The molecule has 0 unspecified atom stereocenters. The maximum atomic E-state index is 12.1. The number of guanidine groups is 1. The molecule has 0 radical (unpaired) electrons. The number of aliphatic imine (C=N–C) groups is 1. The number of carbonyl (C=O) groups is 1. The highest BCUT2D eigenvalue weighted by atomic mass is 16.2. The average Bonchev–Trinajstić information content (AvgIpc) is 2.47. The van der Waals surface area contributed by atoms with Gasteiger partial charge in [0.25, 0.3) is 0 Å². The van der Waals surface area contributed by atoms with Gasteiger partial charge in [0, 0.05) is 33.2 Å². The molecule has 5 nitrogen and oxygen atoms in total. The van der Waals surface area contributed by atoms with Crippen LogP contribution in [0.2, 0.25) is 0 Å². The summed E-state index contributed by atoms with van der Waals surface area (Å²) in [6.45, 7) is 11.8. The summed E-state index contributed by atoms with van der Waals surface area (Å²) in [5.41, 5.74) is 0. The molecule has 1 N–H and O–H groups in total. The van der Waals surface area contributed by atoms with Crippen molar-refractivity contribution in [1.29, 1.82) is 0 Å². The molecule has 0 aliphatic heterocycles. The molecule has 1 amide bonds. The normalized spacial score (nSPS) is 11.4. The zero-order valence-electron chi connectivity index (χ0n) is 14.6. The average molecular weight is 298 g/mol. The van der Waals surface area contributed by atoms with E-state index in [0.29, 0.717) is 6.54 Å². The molecule has 0 aromatic heterocycles. The summed E-state index contributed by atoms with van der Waals surface area (Å²) in [4.78, 5) is 20.5. The molecular weight excluding hydrogens is 264 g/mol. The van der Waals surface area contributed by atoms with Gasteiger partial charge >= 0.3 is 0 Å². The van der Waals surface area contributed by atoms with Gasteiger partial charge in [-0.1, -0.05) is 26.2 Å². The number of hydrogen-bond acceptors (Lipinski definition) is 2. The lowest BCUT2D eigenvalue weighted by molar-refractivity contribution is -0.131. The van der Waals surface area contributed by atoms with Gasteiger partial charge in [-0.2, -0.15) is 0 Å². The highest BCUT2D eigenvalue weighted by Gasteiger charge is 2.14. The molecule has 0 atom stereocenters. The summed E-state index contributed by atoms with van der Waals surface area (Å²) in [7, 11) is 1.93. The van der Waals surface area contributed by atoms with E-state index in [1.165, 1.54) is 19.3 Å². The summed E-state index contributed by atoms with van der Waals surface area (Å²) in [6.07, 6.45) is 4.84. The van der Waals surface area contributed by atoms with E-state index in [4.69, 9.17) is 0 Å². The second-order valence-electron chi connectivity index (χ2n) is 5.22. The molecule has 0 saturated carbocycles. The van der Waals surface area contributed by atoms with E-state index >= 15 is 0 Å². The minimum Gasteiger partial charge on any atom is -0.357 e. The first-order valence-electron chi connectivity index (χ1n) is 8.37. The fraction of sp³-hybridized carbons (Fsp3) is 0.875. The van der Waals surface area contributed by atoms with Gasteiger partial charge in [0.1, 0.15) is 0 Å². The lowest BCUT2D eigenvalue weighted by Gasteiger charge is -2.25. The minimum atomic E-state index is 0.152. The molecule has 0 aromatic rings.